The monoisotopic (exact) mass is 381 g/mol. The van der Waals surface area contributed by atoms with E-state index in [9.17, 15) is 4.79 Å². The van der Waals surface area contributed by atoms with Crippen LogP contribution >= 0.6 is 0 Å². The number of amides is 1. The van der Waals surface area contributed by atoms with Crippen molar-refractivity contribution in [2.75, 3.05) is 51.8 Å². The number of morpholine rings is 1. The molecule has 4 rings (SSSR count). The molecule has 148 valence electrons. The fourth-order valence-corrected chi connectivity index (χ4v) is 4.05. The third-order valence-corrected chi connectivity index (χ3v) is 5.90. The Morgan fingerprint density at radius 3 is 2.50 bits per heavy atom. The highest BCUT2D eigenvalue weighted by Crippen LogP contribution is 2.33. The van der Waals surface area contributed by atoms with Gasteiger partial charge in [0.2, 0.25) is 0 Å². The number of carbonyl (C=O) groups excluding carboxylic acids is 1. The first kappa shape index (κ1) is 18.8. The second kappa shape index (κ2) is 7.85. The summed E-state index contributed by atoms with van der Waals surface area (Å²) >= 11 is 0. The van der Waals surface area contributed by atoms with Gasteiger partial charge in [0, 0.05) is 31.2 Å². The molecule has 1 aromatic heterocycles. The smallest absolute Gasteiger partial charge is 0.270 e. The first-order chi connectivity index (χ1) is 13.6. The van der Waals surface area contributed by atoms with Crippen molar-refractivity contribution in [3.05, 3.63) is 53.5 Å². The minimum Gasteiger partial charge on any atom is -0.378 e. The molecular formula is C21H27N5O2. The van der Waals surface area contributed by atoms with Gasteiger partial charge < -0.3 is 19.9 Å². The lowest BCUT2D eigenvalue weighted by molar-refractivity contribution is 0.0897. The van der Waals surface area contributed by atoms with Gasteiger partial charge in [-0.1, -0.05) is 24.3 Å². The van der Waals surface area contributed by atoms with E-state index in [0.717, 1.165) is 31.7 Å². The Morgan fingerprint density at radius 1 is 1.18 bits per heavy atom. The van der Waals surface area contributed by atoms with Crippen molar-refractivity contribution in [3.8, 4) is 0 Å². The van der Waals surface area contributed by atoms with Gasteiger partial charge in [0.15, 0.2) is 0 Å². The van der Waals surface area contributed by atoms with Crippen LogP contribution in [0.25, 0.3) is 0 Å². The molecule has 0 unspecified atom stereocenters. The molecule has 1 aromatic carbocycles. The Hall–Kier alpha value is -2.51. The maximum atomic E-state index is 12.8. The summed E-state index contributed by atoms with van der Waals surface area (Å²) in [7, 11) is 4.17. The zero-order valence-corrected chi connectivity index (χ0v) is 16.5. The van der Waals surface area contributed by atoms with Crippen molar-refractivity contribution >= 4 is 11.7 Å². The number of carbonyl (C=O) groups is 1. The minimum absolute atomic E-state index is 0.112. The Kier molecular flexibility index (Phi) is 5.28. The van der Waals surface area contributed by atoms with Gasteiger partial charge in [-0.2, -0.15) is 0 Å². The Balaban J connectivity index is 1.45. The molecule has 1 aliphatic heterocycles. The van der Waals surface area contributed by atoms with Crippen molar-refractivity contribution < 1.29 is 9.53 Å². The summed E-state index contributed by atoms with van der Waals surface area (Å²) in [6, 6.07) is 10.3. The third kappa shape index (κ3) is 3.72. The van der Waals surface area contributed by atoms with Crippen LogP contribution in [-0.2, 0) is 17.6 Å². The number of hydrogen-bond acceptors (Lipinski definition) is 6. The van der Waals surface area contributed by atoms with Crippen LogP contribution in [0, 0.1) is 0 Å². The van der Waals surface area contributed by atoms with E-state index < -0.39 is 0 Å². The van der Waals surface area contributed by atoms with Gasteiger partial charge in [-0.3, -0.25) is 4.79 Å². The first-order valence-electron chi connectivity index (χ1n) is 9.75. The molecule has 1 N–H and O–H groups in total. The maximum absolute atomic E-state index is 12.8. The second-order valence-corrected chi connectivity index (χ2v) is 7.78. The average molecular weight is 381 g/mol. The lowest BCUT2D eigenvalue weighted by Crippen LogP contribution is -2.53. The molecule has 0 atom stereocenters. The number of ether oxygens (including phenoxy) is 1. The summed E-state index contributed by atoms with van der Waals surface area (Å²) in [5, 5.41) is 3.11. The van der Waals surface area contributed by atoms with Crippen LogP contribution in [0.2, 0.25) is 0 Å². The molecule has 1 amide bonds. The van der Waals surface area contributed by atoms with Crippen LogP contribution in [0.1, 0.15) is 21.6 Å². The molecule has 2 aliphatic rings. The normalized spacial score (nSPS) is 18.2. The van der Waals surface area contributed by atoms with E-state index in [0.29, 0.717) is 25.5 Å². The zero-order chi connectivity index (χ0) is 19.6. The molecule has 7 heteroatoms. The summed E-state index contributed by atoms with van der Waals surface area (Å²) in [5.41, 5.74) is 3.02. The topological polar surface area (TPSA) is 70.6 Å². The minimum atomic E-state index is -0.158. The van der Waals surface area contributed by atoms with Gasteiger partial charge in [0.25, 0.3) is 5.91 Å². The van der Waals surface area contributed by atoms with E-state index in [1.54, 1.807) is 6.07 Å². The molecule has 1 aliphatic carbocycles. The highest BCUT2D eigenvalue weighted by atomic mass is 16.5. The third-order valence-electron chi connectivity index (χ3n) is 5.90. The number of fused-ring (bicyclic) bond motifs is 1. The van der Waals surface area contributed by atoms with Gasteiger partial charge in [-0.25, -0.2) is 9.97 Å². The summed E-state index contributed by atoms with van der Waals surface area (Å²) in [6.07, 6.45) is 3.32. The van der Waals surface area contributed by atoms with E-state index in [4.69, 9.17) is 4.74 Å². The fourth-order valence-electron chi connectivity index (χ4n) is 4.05. The van der Waals surface area contributed by atoms with Crippen molar-refractivity contribution in [1.82, 2.24) is 20.2 Å². The Labute approximate surface area is 165 Å². The van der Waals surface area contributed by atoms with Crippen LogP contribution in [-0.4, -0.2) is 73.3 Å². The molecule has 0 bridgehead atoms. The van der Waals surface area contributed by atoms with Crippen LogP contribution < -0.4 is 10.2 Å². The summed E-state index contributed by atoms with van der Waals surface area (Å²) in [6.45, 7) is 3.49. The molecule has 0 saturated carbocycles. The molecule has 2 aromatic rings. The quantitative estimate of drug-likeness (QED) is 0.838. The van der Waals surface area contributed by atoms with Crippen LogP contribution in [0.3, 0.4) is 0 Å². The number of nitrogens with zero attached hydrogens (tertiary/aromatic N) is 4. The second-order valence-electron chi connectivity index (χ2n) is 7.78. The SMILES string of the molecule is CN(C)C1(CNC(=O)c2cc(N3CCOCC3)ncn2)Cc2ccccc2C1. The predicted octanol–water partition coefficient (Wildman–Crippen LogP) is 1.14. The summed E-state index contributed by atoms with van der Waals surface area (Å²) < 4.78 is 5.39. The fraction of sp³-hybridized carbons (Fsp3) is 0.476. The van der Waals surface area contributed by atoms with E-state index in [1.807, 2.05) is 0 Å². The number of anilines is 1. The molecule has 2 heterocycles. The van der Waals surface area contributed by atoms with E-state index in [-0.39, 0.29) is 11.4 Å². The highest BCUT2D eigenvalue weighted by Gasteiger charge is 2.39. The van der Waals surface area contributed by atoms with Crippen molar-refractivity contribution in [3.63, 3.8) is 0 Å². The van der Waals surface area contributed by atoms with Gasteiger partial charge in [-0.15, -0.1) is 0 Å². The number of likely N-dealkylation sites (N-methyl/N-ethyl adjacent to an activating group) is 1. The van der Waals surface area contributed by atoms with Crippen LogP contribution in [0.15, 0.2) is 36.7 Å². The highest BCUT2D eigenvalue weighted by molar-refractivity contribution is 5.92. The van der Waals surface area contributed by atoms with Crippen molar-refractivity contribution in [1.29, 1.82) is 0 Å². The number of aromatic nitrogens is 2. The molecule has 0 spiro atoms. The van der Waals surface area contributed by atoms with Crippen molar-refractivity contribution in [2.45, 2.75) is 18.4 Å². The number of benzene rings is 1. The Morgan fingerprint density at radius 2 is 1.86 bits per heavy atom. The average Bonchev–Trinajstić information content (AvgIpc) is 3.13. The molecule has 28 heavy (non-hydrogen) atoms. The molecule has 7 nitrogen and oxygen atoms in total. The maximum Gasteiger partial charge on any atom is 0.270 e. The largest absolute Gasteiger partial charge is 0.378 e. The lowest BCUT2D eigenvalue weighted by atomic mass is 9.94. The van der Waals surface area contributed by atoms with Gasteiger partial charge in [0.1, 0.15) is 17.8 Å². The number of rotatable bonds is 5. The molecule has 0 radical (unpaired) electrons. The number of nitrogens with one attached hydrogen (secondary N) is 1. The summed E-state index contributed by atoms with van der Waals surface area (Å²) in [5.74, 6) is 0.619. The van der Waals surface area contributed by atoms with Crippen LogP contribution in [0.5, 0.6) is 0 Å². The standard InChI is InChI=1S/C21H27N5O2/c1-25(2)21(12-16-5-3-4-6-17(16)13-21)14-22-20(27)18-11-19(24-15-23-18)26-7-9-28-10-8-26/h3-6,11,15H,7-10,12-14H2,1-2H3,(H,22,27). The lowest BCUT2D eigenvalue weighted by Gasteiger charge is -2.36. The van der Waals surface area contributed by atoms with Gasteiger partial charge in [0.05, 0.1) is 13.2 Å². The zero-order valence-electron chi connectivity index (χ0n) is 16.5. The van der Waals surface area contributed by atoms with Crippen molar-refractivity contribution in [2.24, 2.45) is 0 Å². The predicted molar refractivity (Wildman–Crippen MR) is 108 cm³/mol. The van der Waals surface area contributed by atoms with E-state index in [1.165, 1.54) is 17.5 Å². The number of hydrogen-bond donors (Lipinski definition) is 1. The Bertz CT molecular complexity index is 823. The molecule has 1 saturated heterocycles. The molecule has 1 fully saturated rings. The molecular weight excluding hydrogens is 354 g/mol. The first-order valence-corrected chi connectivity index (χ1v) is 9.75. The van der Waals surface area contributed by atoms with E-state index >= 15 is 0 Å². The van der Waals surface area contributed by atoms with Gasteiger partial charge >= 0.3 is 0 Å². The summed E-state index contributed by atoms with van der Waals surface area (Å²) in [4.78, 5) is 25.7. The van der Waals surface area contributed by atoms with Gasteiger partial charge in [-0.05, 0) is 38.1 Å². The van der Waals surface area contributed by atoms with Crippen LogP contribution in [0.4, 0.5) is 5.82 Å². The van der Waals surface area contributed by atoms with E-state index in [2.05, 4.69) is 63.4 Å².